The van der Waals surface area contributed by atoms with Crippen LogP contribution in [-0.4, -0.2) is 70.0 Å². The zero-order valence-electron chi connectivity index (χ0n) is 39.5. The van der Waals surface area contributed by atoms with Crippen LogP contribution >= 0.6 is 7.82 Å². The molecule has 9 nitrogen and oxygen atoms in total. The van der Waals surface area contributed by atoms with Crippen molar-refractivity contribution in [2.75, 3.05) is 47.5 Å². The maximum absolute atomic E-state index is 12.7. The van der Waals surface area contributed by atoms with Crippen molar-refractivity contribution in [3.63, 3.8) is 0 Å². The third-order valence-corrected chi connectivity index (χ3v) is 10.2. The fourth-order valence-electron chi connectivity index (χ4n) is 5.56. The second-order valence-electron chi connectivity index (χ2n) is 16.4. The van der Waals surface area contributed by atoms with E-state index in [1.807, 2.05) is 33.3 Å². The molecule has 0 heterocycles. The van der Waals surface area contributed by atoms with E-state index in [0.29, 0.717) is 23.9 Å². The molecule has 352 valence electrons. The second kappa shape index (κ2) is 42.9. The minimum absolute atomic E-state index is 0.0560. The molecule has 0 aromatic heterocycles. The number of likely N-dealkylation sites (N-methyl/N-ethyl adjacent to an activating group) is 1. The van der Waals surface area contributed by atoms with Crippen LogP contribution in [0.15, 0.2) is 109 Å². The van der Waals surface area contributed by atoms with Gasteiger partial charge in [-0.3, -0.25) is 14.2 Å². The number of hydrogen-bond acceptors (Lipinski definition) is 8. The van der Waals surface area contributed by atoms with Crippen LogP contribution in [0.4, 0.5) is 0 Å². The number of esters is 2. The molecule has 0 saturated heterocycles. The lowest BCUT2D eigenvalue weighted by Gasteiger charge is -2.28. The summed E-state index contributed by atoms with van der Waals surface area (Å²) >= 11 is 0. The lowest BCUT2D eigenvalue weighted by Crippen LogP contribution is -2.37. The number of carbonyl (C=O) groups excluding carboxylic acids is 2. The molecular weight excluding hydrogens is 798 g/mol. The van der Waals surface area contributed by atoms with Crippen molar-refractivity contribution >= 4 is 19.8 Å². The smallest absolute Gasteiger partial charge is 0.306 e. The van der Waals surface area contributed by atoms with E-state index in [1.165, 1.54) is 51.4 Å². The highest BCUT2D eigenvalue weighted by Gasteiger charge is 2.21. The van der Waals surface area contributed by atoms with E-state index in [4.69, 9.17) is 18.5 Å². The van der Waals surface area contributed by atoms with Gasteiger partial charge < -0.3 is 27.9 Å². The molecule has 0 spiro atoms. The van der Waals surface area contributed by atoms with Gasteiger partial charge in [0, 0.05) is 12.8 Å². The van der Waals surface area contributed by atoms with Gasteiger partial charge in [-0.25, -0.2) is 0 Å². The number of phosphoric acid groups is 1. The number of carbonyl (C=O) groups is 2. The van der Waals surface area contributed by atoms with E-state index in [2.05, 4.69) is 111 Å². The monoisotopic (exact) mass is 884 g/mol. The van der Waals surface area contributed by atoms with E-state index >= 15 is 0 Å². The highest BCUT2D eigenvalue weighted by molar-refractivity contribution is 7.45. The Labute approximate surface area is 378 Å². The maximum atomic E-state index is 12.7. The molecular formula is C52H86NO8P. The van der Waals surface area contributed by atoms with Crippen molar-refractivity contribution in [2.45, 2.75) is 161 Å². The summed E-state index contributed by atoms with van der Waals surface area (Å²) in [5.74, 6) is -0.978. The molecule has 0 aliphatic heterocycles. The Morgan fingerprint density at radius 1 is 0.500 bits per heavy atom. The molecule has 0 rings (SSSR count). The van der Waals surface area contributed by atoms with E-state index < -0.39 is 32.5 Å². The average Bonchev–Trinajstić information content (AvgIpc) is 3.23. The number of phosphoric ester groups is 1. The number of quaternary nitrogens is 1. The molecule has 2 atom stereocenters. The van der Waals surface area contributed by atoms with Crippen LogP contribution in [0, 0.1) is 0 Å². The first kappa shape index (κ1) is 58.7. The Kier molecular flexibility index (Phi) is 40.6. The van der Waals surface area contributed by atoms with E-state index in [9.17, 15) is 19.0 Å². The fraction of sp³-hybridized carbons (Fsp3) is 0.615. The predicted octanol–water partition coefficient (Wildman–Crippen LogP) is 13.3. The number of ether oxygens (including phenoxy) is 2. The Balaban J connectivity index is 4.53. The van der Waals surface area contributed by atoms with E-state index in [-0.39, 0.29) is 26.1 Å². The highest BCUT2D eigenvalue weighted by atomic mass is 31.2. The molecule has 0 fully saturated rings. The topological polar surface area (TPSA) is 111 Å². The first-order valence-electron chi connectivity index (χ1n) is 23.6. The quantitative estimate of drug-likeness (QED) is 0.0196. The molecule has 0 aromatic carbocycles. The minimum Gasteiger partial charge on any atom is -0.756 e. The molecule has 0 aliphatic carbocycles. The van der Waals surface area contributed by atoms with Crippen molar-refractivity contribution in [3.8, 4) is 0 Å². The van der Waals surface area contributed by atoms with Gasteiger partial charge in [0.05, 0.1) is 27.7 Å². The third kappa shape index (κ3) is 46.2. The van der Waals surface area contributed by atoms with Crippen molar-refractivity contribution in [3.05, 3.63) is 109 Å². The van der Waals surface area contributed by atoms with Crippen LogP contribution in [0.1, 0.15) is 155 Å². The molecule has 0 aromatic rings. The number of rotatable bonds is 41. The number of unbranched alkanes of at least 4 members (excludes halogenated alkanes) is 9. The van der Waals surface area contributed by atoms with Crippen molar-refractivity contribution < 1.29 is 42.1 Å². The molecule has 0 saturated carbocycles. The molecule has 1 unspecified atom stereocenters. The number of nitrogens with zero attached hydrogens (tertiary/aromatic N) is 1. The minimum atomic E-state index is -4.66. The molecule has 0 bridgehead atoms. The summed E-state index contributed by atoms with van der Waals surface area (Å²) in [6, 6.07) is 0. The van der Waals surface area contributed by atoms with Gasteiger partial charge in [0.25, 0.3) is 7.82 Å². The second-order valence-corrected chi connectivity index (χ2v) is 17.8. The number of hydrogen-bond donors (Lipinski definition) is 0. The van der Waals surface area contributed by atoms with Crippen LogP contribution in [0.25, 0.3) is 0 Å². The third-order valence-electron chi connectivity index (χ3n) is 9.28. The van der Waals surface area contributed by atoms with Gasteiger partial charge >= 0.3 is 11.9 Å². The largest absolute Gasteiger partial charge is 0.756 e. The molecule has 0 N–H and O–H groups in total. The lowest BCUT2D eigenvalue weighted by molar-refractivity contribution is -0.870. The van der Waals surface area contributed by atoms with Crippen molar-refractivity contribution in [1.82, 2.24) is 0 Å². The molecule has 0 amide bonds. The molecule has 0 aliphatic rings. The van der Waals surface area contributed by atoms with Gasteiger partial charge in [-0.2, -0.15) is 0 Å². The summed E-state index contributed by atoms with van der Waals surface area (Å²) in [5, 5.41) is 0. The first-order chi connectivity index (χ1) is 30.0. The van der Waals surface area contributed by atoms with Gasteiger partial charge in [0.1, 0.15) is 19.8 Å². The number of allylic oxidation sites excluding steroid dienone is 18. The summed E-state index contributed by atoms with van der Waals surface area (Å²) in [4.78, 5) is 37.6. The summed E-state index contributed by atoms with van der Waals surface area (Å²) in [6.45, 7) is 4.02. The van der Waals surface area contributed by atoms with Crippen LogP contribution < -0.4 is 4.89 Å². The van der Waals surface area contributed by atoms with Gasteiger partial charge in [0.15, 0.2) is 6.10 Å². The Bertz CT molecular complexity index is 1420. The van der Waals surface area contributed by atoms with Crippen molar-refractivity contribution in [2.24, 2.45) is 0 Å². The Hall–Kier alpha value is -3.33. The van der Waals surface area contributed by atoms with Crippen LogP contribution in [-0.2, 0) is 32.7 Å². The molecule has 62 heavy (non-hydrogen) atoms. The average molecular weight is 884 g/mol. The highest BCUT2D eigenvalue weighted by Crippen LogP contribution is 2.38. The van der Waals surface area contributed by atoms with Gasteiger partial charge in [0.2, 0.25) is 0 Å². The molecule has 10 heteroatoms. The standard InChI is InChI=1S/C52H86NO8P/c1-6-8-10-12-14-16-18-20-22-24-26-28-30-32-34-36-38-40-42-44-51(54)58-48-50(49-60-62(56,57)59-47-46-53(3,4)5)61-52(55)45-43-41-39-37-35-33-31-29-27-25-23-21-19-17-15-13-11-9-7-2/h14-17,20-23,26-29,32-35,39,41,50H,6-13,18-19,24-25,30-31,36-38,40,42-49H2,1-5H3/b16-14-,17-15-,22-20-,23-21-,28-26-,29-27-,34-32-,35-33-,41-39-/t50-/m1/s1. The summed E-state index contributed by atoms with van der Waals surface area (Å²) < 4.78 is 33.8. The zero-order chi connectivity index (χ0) is 45.7. The lowest BCUT2D eigenvalue weighted by atomic mass is 10.1. The van der Waals surface area contributed by atoms with E-state index in [0.717, 1.165) is 64.2 Å². The summed E-state index contributed by atoms with van der Waals surface area (Å²) in [7, 11) is 1.08. The van der Waals surface area contributed by atoms with Crippen LogP contribution in [0.5, 0.6) is 0 Å². The Morgan fingerprint density at radius 2 is 0.903 bits per heavy atom. The SMILES string of the molecule is CCCCC/C=C\C/C=C\C/C=C\C/C=C\C/C=C\CCC(=O)O[C@H](COC(=O)CCCCC/C=C\C/C=C\C/C=C\C/C=C\CCCCC)COP(=O)([O-])OCC[N+](C)(C)C. The fourth-order valence-corrected chi connectivity index (χ4v) is 6.29. The normalized spacial score (nSPS) is 14.5. The van der Waals surface area contributed by atoms with Gasteiger partial charge in [-0.05, 0) is 96.3 Å². The van der Waals surface area contributed by atoms with Crippen LogP contribution in [0.3, 0.4) is 0 Å². The van der Waals surface area contributed by atoms with Gasteiger partial charge in [-0.15, -0.1) is 0 Å². The molecule has 0 radical (unpaired) electrons. The van der Waals surface area contributed by atoms with Crippen LogP contribution in [0.2, 0.25) is 0 Å². The van der Waals surface area contributed by atoms with E-state index in [1.54, 1.807) is 0 Å². The Morgan fingerprint density at radius 3 is 1.32 bits per heavy atom. The summed E-state index contributed by atoms with van der Waals surface area (Å²) in [5.41, 5.74) is 0. The van der Waals surface area contributed by atoms with Gasteiger partial charge in [-0.1, -0.05) is 155 Å². The predicted molar refractivity (Wildman–Crippen MR) is 258 cm³/mol. The zero-order valence-corrected chi connectivity index (χ0v) is 40.4. The van der Waals surface area contributed by atoms with Crippen molar-refractivity contribution in [1.29, 1.82) is 0 Å². The first-order valence-corrected chi connectivity index (χ1v) is 25.1. The maximum Gasteiger partial charge on any atom is 0.306 e. The summed E-state index contributed by atoms with van der Waals surface area (Å²) in [6.07, 6.45) is 58.5.